The van der Waals surface area contributed by atoms with Gasteiger partial charge >= 0.3 is 0 Å². The number of hydrogen-bond acceptors (Lipinski definition) is 2. The summed E-state index contributed by atoms with van der Waals surface area (Å²) in [5.74, 6) is 0. The molecule has 0 amide bonds. The molecule has 0 unspecified atom stereocenters. The third kappa shape index (κ3) is 2.23. The van der Waals surface area contributed by atoms with Crippen molar-refractivity contribution >= 4 is 0 Å². The van der Waals surface area contributed by atoms with Crippen LogP contribution in [0.2, 0.25) is 0 Å². The summed E-state index contributed by atoms with van der Waals surface area (Å²) in [5.41, 5.74) is 1.95. The van der Waals surface area contributed by atoms with Crippen LogP contribution in [0.25, 0.3) is 0 Å². The third-order valence-electron chi connectivity index (χ3n) is 1.48. The first kappa shape index (κ1) is 9.24. The normalized spacial score (nSPS) is 9.70. The van der Waals surface area contributed by atoms with Crippen LogP contribution in [-0.4, -0.2) is 31.2 Å². The summed E-state index contributed by atoms with van der Waals surface area (Å²) < 4.78 is 0. The van der Waals surface area contributed by atoms with Gasteiger partial charge < -0.3 is 5.01 Å². The van der Waals surface area contributed by atoms with E-state index < -0.39 is 0 Å². The lowest BCUT2D eigenvalue weighted by molar-refractivity contribution is 0.103. The fourth-order valence-corrected chi connectivity index (χ4v) is 0.518. The van der Waals surface area contributed by atoms with Gasteiger partial charge in [0.05, 0.1) is 0 Å². The van der Waals surface area contributed by atoms with Crippen LogP contribution in [0.15, 0.2) is 24.4 Å². The summed E-state index contributed by atoms with van der Waals surface area (Å²) in [6.07, 6.45) is 0. The zero-order valence-electron chi connectivity index (χ0n) is 7.31. The van der Waals surface area contributed by atoms with Gasteiger partial charge in [0.15, 0.2) is 0 Å². The first-order chi connectivity index (χ1) is 4.46. The molecule has 0 aromatic carbocycles. The first-order valence-electron chi connectivity index (χ1n) is 3.22. The Kier molecular flexibility index (Phi) is 3.16. The lowest BCUT2D eigenvalue weighted by Crippen LogP contribution is -2.32. The van der Waals surface area contributed by atoms with Crippen LogP contribution >= 0.6 is 0 Å². The van der Waals surface area contributed by atoms with Gasteiger partial charge in [0.1, 0.15) is 0 Å². The maximum absolute atomic E-state index is 3.86. The van der Waals surface area contributed by atoms with E-state index in [9.17, 15) is 0 Å². The van der Waals surface area contributed by atoms with Crippen molar-refractivity contribution < 1.29 is 0 Å². The van der Waals surface area contributed by atoms with Crippen molar-refractivity contribution in [3.8, 4) is 0 Å². The Morgan fingerprint density at radius 2 is 1.50 bits per heavy atom. The molecule has 0 aromatic heterocycles. The minimum atomic E-state index is 0.949. The zero-order valence-corrected chi connectivity index (χ0v) is 7.31. The van der Waals surface area contributed by atoms with E-state index >= 15 is 0 Å². The number of nitrogens with zero attached hydrogens (tertiary/aromatic N) is 2. The highest BCUT2D eigenvalue weighted by atomic mass is 15.6. The van der Waals surface area contributed by atoms with Crippen LogP contribution in [0.1, 0.15) is 6.92 Å². The molecule has 0 rings (SSSR count). The molecule has 0 fully saturated rings. The quantitative estimate of drug-likeness (QED) is 0.433. The van der Waals surface area contributed by atoms with Crippen molar-refractivity contribution in [1.29, 1.82) is 0 Å². The molecule has 0 N–H and O–H groups in total. The topological polar surface area (TPSA) is 6.48 Å². The standard InChI is InChI=1S/C8H16N2/c1-7(2)8(3)10(6)9(4)5/h1,3H2,2,4-6H3. The highest BCUT2D eigenvalue weighted by Crippen LogP contribution is 2.08. The van der Waals surface area contributed by atoms with Crippen LogP contribution in [-0.2, 0) is 0 Å². The minimum absolute atomic E-state index is 0.949. The van der Waals surface area contributed by atoms with E-state index in [0.29, 0.717) is 0 Å². The Morgan fingerprint density at radius 1 is 1.10 bits per heavy atom. The average molecular weight is 140 g/mol. The maximum Gasteiger partial charge on any atom is 0.0470 e. The predicted molar refractivity (Wildman–Crippen MR) is 45.4 cm³/mol. The predicted octanol–water partition coefficient (Wildman–Crippen LogP) is 1.48. The van der Waals surface area contributed by atoms with Gasteiger partial charge in [0.2, 0.25) is 0 Å². The summed E-state index contributed by atoms with van der Waals surface area (Å²) in [5, 5.41) is 3.90. The second-order valence-electron chi connectivity index (χ2n) is 2.60. The van der Waals surface area contributed by atoms with Gasteiger partial charge in [-0.15, -0.1) is 0 Å². The van der Waals surface area contributed by atoms with E-state index in [2.05, 4.69) is 13.2 Å². The van der Waals surface area contributed by atoms with E-state index in [1.54, 1.807) is 0 Å². The van der Waals surface area contributed by atoms with E-state index in [1.807, 2.05) is 38.1 Å². The van der Waals surface area contributed by atoms with E-state index in [0.717, 1.165) is 11.3 Å². The van der Waals surface area contributed by atoms with E-state index in [4.69, 9.17) is 0 Å². The molecule has 0 radical (unpaired) electrons. The molecule has 0 atom stereocenters. The van der Waals surface area contributed by atoms with Crippen molar-refractivity contribution in [3.63, 3.8) is 0 Å². The van der Waals surface area contributed by atoms with Crippen molar-refractivity contribution in [2.75, 3.05) is 21.1 Å². The van der Waals surface area contributed by atoms with E-state index in [-0.39, 0.29) is 0 Å². The molecule has 0 aliphatic rings. The molecule has 2 nitrogen and oxygen atoms in total. The highest BCUT2D eigenvalue weighted by molar-refractivity contribution is 5.20. The van der Waals surface area contributed by atoms with Crippen LogP contribution < -0.4 is 0 Å². The summed E-state index contributed by atoms with van der Waals surface area (Å²) in [6, 6.07) is 0. The Labute approximate surface area is 63.4 Å². The van der Waals surface area contributed by atoms with Gasteiger partial charge in [-0.25, -0.2) is 5.01 Å². The van der Waals surface area contributed by atoms with Crippen molar-refractivity contribution in [1.82, 2.24) is 10.0 Å². The number of hydrazine groups is 1. The lowest BCUT2D eigenvalue weighted by Gasteiger charge is -2.28. The molecular weight excluding hydrogens is 124 g/mol. The molecule has 0 saturated heterocycles. The average Bonchev–Trinajstić information content (AvgIpc) is 1.84. The molecule has 0 spiro atoms. The van der Waals surface area contributed by atoms with Gasteiger partial charge in [-0.2, -0.15) is 0 Å². The molecule has 0 aliphatic carbocycles. The third-order valence-corrected chi connectivity index (χ3v) is 1.48. The number of rotatable bonds is 3. The largest absolute Gasteiger partial charge is 0.310 e. The monoisotopic (exact) mass is 140 g/mol. The maximum atomic E-state index is 3.86. The molecule has 2 heteroatoms. The number of likely N-dealkylation sites (N-methyl/N-ethyl adjacent to an activating group) is 1. The Hall–Kier alpha value is -0.760. The Balaban J connectivity index is 4.08. The summed E-state index contributed by atoms with van der Waals surface area (Å²) in [6.45, 7) is 9.60. The Bertz CT molecular complexity index is 147. The smallest absolute Gasteiger partial charge is 0.0470 e. The van der Waals surface area contributed by atoms with Crippen LogP contribution in [0.3, 0.4) is 0 Å². The molecule has 0 aliphatic heterocycles. The second-order valence-corrected chi connectivity index (χ2v) is 2.60. The highest BCUT2D eigenvalue weighted by Gasteiger charge is 2.02. The van der Waals surface area contributed by atoms with Gasteiger partial charge in [-0.1, -0.05) is 13.2 Å². The summed E-state index contributed by atoms with van der Waals surface area (Å²) in [4.78, 5) is 0. The molecular formula is C8H16N2. The van der Waals surface area contributed by atoms with Crippen molar-refractivity contribution in [3.05, 3.63) is 24.4 Å². The minimum Gasteiger partial charge on any atom is -0.310 e. The van der Waals surface area contributed by atoms with Gasteiger partial charge in [-0.05, 0) is 12.5 Å². The molecule has 0 saturated carbocycles. The van der Waals surface area contributed by atoms with Crippen LogP contribution in [0, 0.1) is 0 Å². The van der Waals surface area contributed by atoms with Crippen molar-refractivity contribution in [2.24, 2.45) is 0 Å². The second kappa shape index (κ2) is 3.42. The lowest BCUT2D eigenvalue weighted by atomic mass is 10.3. The van der Waals surface area contributed by atoms with Crippen LogP contribution in [0.4, 0.5) is 0 Å². The van der Waals surface area contributed by atoms with E-state index in [1.165, 1.54) is 0 Å². The molecule has 0 bridgehead atoms. The number of allylic oxidation sites excluding steroid dienone is 1. The molecule has 0 aromatic rings. The van der Waals surface area contributed by atoms with Crippen molar-refractivity contribution in [2.45, 2.75) is 6.92 Å². The number of hydrogen-bond donors (Lipinski definition) is 0. The molecule has 58 valence electrons. The molecule has 10 heavy (non-hydrogen) atoms. The van der Waals surface area contributed by atoms with Gasteiger partial charge in [0, 0.05) is 26.8 Å². The SMILES string of the molecule is C=C(C)C(=C)N(C)N(C)C. The summed E-state index contributed by atoms with van der Waals surface area (Å²) >= 11 is 0. The van der Waals surface area contributed by atoms with Gasteiger partial charge in [0.25, 0.3) is 0 Å². The molecule has 0 heterocycles. The first-order valence-corrected chi connectivity index (χ1v) is 3.22. The summed E-state index contributed by atoms with van der Waals surface area (Å²) in [7, 11) is 5.89. The fourth-order valence-electron chi connectivity index (χ4n) is 0.518. The fraction of sp³-hybridized carbons (Fsp3) is 0.500. The van der Waals surface area contributed by atoms with Gasteiger partial charge in [-0.3, -0.25) is 0 Å². The zero-order chi connectivity index (χ0) is 8.31. The van der Waals surface area contributed by atoms with Crippen LogP contribution in [0.5, 0.6) is 0 Å². The Morgan fingerprint density at radius 3 is 1.60 bits per heavy atom.